The molecule has 0 aliphatic carbocycles. The fourth-order valence-corrected chi connectivity index (χ4v) is 3.78. The Morgan fingerprint density at radius 3 is 2.52 bits per heavy atom. The van der Waals surface area contributed by atoms with Gasteiger partial charge in [-0.1, -0.05) is 30.3 Å². The van der Waals surface area contributed by atoms with E-state index in [0.717, 1.165) is 65.1 Å². The number of carbonyl (C=O) groups excluding carboxylic acids is 1. The molecule has 1 N–H and O–H groups in total. The number of ether oxygens (including phenoxy) is 1. The number of likely N-dealkylation sites (tertiary alicyclic amines) is 1. The summed E-state index contributed by atoms with van der Waals surface area (Å²) in [5, 5.41) is 3.14. The second kappa shape index (κ2) is 9.20. The molecule has 0 aromatic heterocycles. The quantitative estimate of drug-likeness (QED) is 0.892. The van der Waals surface area contributed by atoms with Crippen molar-refractivity contribution >= 4 is 6.03 Å². The molecule has 0 atom stereocenters. The van der Waals surface area contributed by atoms with Crippen molar-refractivity contribution in [3.8, 4) is 0 Å². The maximum Gasteiger partial charge on any atom is 0.317 e. The molecule has 2 aliphatic rings. The molecule has 0 spiro atoms. The molecule has 1 aromatic carbocycles. The summed E-state index contributed by atoms with van der Waals surface area (Å²) >= 11 is 0. The van der Waals surface area contributed by atoms with Crippen molar-refractivity contribution in [2.45, 2.75) is 38.3 Å². The van der Waals surface area contributed by atoms with Gasteiger partial charge >= 0.3 is 6.03 Å². The average Bonchev–Trinajstić information content (AvgIpc) is 2.68. The van der Waals surface area contributed by atoms with Crippen LogP contribution in [0.25, 0.3) is 0 Å². The second-order valence-electron chi connectivity index (χ2n) is 7.35. The number of hydrogen-bond donors (Lipinski definition) is 1. The van der Waals surface area contributed by atoms with Crippen molar-refractivity contribution in [3.63, 3.8) is 0 Å². The Hall–Kier alpha value is -1.59. The molecule has 5 nitrogen and oxygen atoms in total. The number of nitrogens with one attached hydrogen (secondary N) is 1. The summed E-state index contributed by atoms with van der Waals surface area (Å²) in [6, 6.07) is 11.0. The molecule has 138 valence electrons. The topological polar surface area (TPSA) is 44.8 Å². The molecule has 2 saturated heterocycles. The Labute approximate surface area is 151 Å². The average molecular weight is 345 g/mol. The normalized spacial score (nSPS) is 20.4. The Morgan fingerprint density at radius 2 is 1.84 bits per heavy atom. The fourth-order valence-electron chi connectivity index (χ4n) is 3.78. The number of urea groups is 1. The van der Waals surface area contributed by atoms with Gasteiger partial charge in [0, 0.05) is 39.4 Å². The van der Waals surface area contributed by atoms with Gasteiger partial charge in [0.05, 0.1) is 0 Å². The van der Waals surface area contributed by atoms with Crippen LogP contribution in [0.3, 0.4) is 0 Å². The van der Waals surface area contributed by atoms with Gasteiger partial charge in [-0.2, -0.15) is 0 Å². The number of hydrogen-bond acceptors (Lipinski definition) is 3. The first-order valence-electron chi connectivity index (χ1n) is 9.57. The van der Waals surface area contributed by atoms with E-state index in [-0.39, 0.29) is 6.03 Å². The maximum atomic E-state index is 12.4. The molecular weight excluding hydrogens is 314 g/mol. The van der Waals surface area contributed by atoms with E-state index < -0.39 is 0 Å². The molecule has 2 fully saturated rings. The van der Waals surface area contributed by atoms with Gasteiger partial charge in [-0.25, -0.2) is 4.79 Å². The van der Waals surface area contributed by atoms with Crippen LogP contribution >= 0.6 is 0 Å². The van der Waals surface area contributed by atoms with E-state index in [2.05, 4.69) is 40.5 Å². The number of carbonyl (C=O) groups is 1. The summed E-state index contributed by atoms with van der Waals surface area (Å²) in [5.74, 6) is 0.596. The molecule has 0 bridgehead atoms. The van der Waals surface area contributed by atoms with Crippen LogP contribution < -0.4 is 5.32 Å². The summed E-state index contributed by atoms with van der Waals surface area (Å²) in [7, 11) is 1.91. The van der Waals surface area contributed by atoms with E-state index in [0.29, 0.717) is 12.0 Å². The summed E-state index contributed by atoms with van der Waals surface area (Å²) in [5.41, 5.74) is 1.38. The van der Waals surface area contributed by atoms with E-state index in [1.165, 1.54) is 5.56 Å². The minimum Gasteiger partial charge on any atom is -0.381 e. The zero-order valence-corrected chi connectivity index (χ0v) is 15.3. The Balaban J connectivity index is 1.35. The third kappa shape index (κ3) is 5.44. The van der Waals surface area contributed by atoms with E-state index in [4.69, 9.17) is 4.74 Å². The summed E-state index contributed by atoms with van der Waals surface area (Å²) in [6.45, 7) is 5.60. The van der Waals surface area contributed by atoms with Gasteiger partial charge in [-0.3, -0.25) is 4.90 Å². The predicted octanol–water partition coefficient (Wildman–Crippen LogP) is 2.72. The van der Waals surface area contributed by atoms with Gasteiger partial charge in [-0.15, -0.1) is 0 Å². The minimum absolute atomic E-state index is 0.0682. The minimum atomic E-state index is 0.0682. The van der Waals surface area contributed by atoms with Crippen molar-refractivity contribution in [2.24, 2.45) is 5.92 Å². The Morgan fingerprint density at radius 1 is 1.16 bits per heavy atom. The summed E-state index contributed by atoms with van der Waals surface area (Å²) in [6.07, 6.45) is 4.21. The lowest BCUT2D eigenvalue weighted by molar-refractivity contribution is 0.0523. The summed E-state index contributed by atoms with van der Waals surface area (Å²) < 4.78 is 5.37. The van der Waals surface area contributed by atoms with Gasteiger partial charge in [0.15, 0.2) is 0 Å². The predicted molar refractivity (Wildman–Crippen MR) is 99.4 cm³/mol. The van der Waals surface area contributed by atoms with E-state index >= 15 is 0 Å². The van der Waals surface area contributed by atoms with Gasteiger partial charge in [-0.05, 0) is 50.3 Å². The standard InChI is InChI=1S/C20H31N3O2/c1-22(19-9-13-25-14-10-19)20(24)21-15-17-7-11-23(12-8-17)16-18-5-3-2-4-6-18/h2-6,17,19H,7-16H2,1H3,(H,21,24). The van der Waals surface area contributed by atoms with Crippen LogP contribution in [0.5, 0.6) is 0 Å². The zero-order chi connectivity index (χ0) is 17.5. The van der Waals surface area contributed by atoms with Crippen LogP contribution in [-0.2, 0) is 11.3 Å². The van der Waals surface area contributed by atoms with E-state index in [1.807, 2.05) is 11.9 Å². The summed E-state index contributed by atoms with van der Waals surface area (Å²) in [4.78, 5) is 16.7. The Kier molecular flexibility index (Phi) is 6.70. The smallest absolute Gasteiger partial charge is 0.317 e. The lowest BCUT2D eigenvalue weighted by atomic mass is 9.96. The molecule has 1 aromatic rings. The molecule has 2 heterocycles. The highest BCUT2D eigenvalue weighted by atomic mass is 16.5. The third-order valence-electron chi connectivity index (χ3n) is 5.56. The highest BCUT2D eigenvalue weighted by Crippen LogP contribution is 2.19. The number of nitrogens with zero attached hydrogens (tertiary/aromatic N) is 2. The Bertz CT molecular complexity index is 523. The van der Waals surface area contributed by atoms with Gasteiger partial charge in [0.2, 0.25) is 0 Å². The molecule has 0 unspecified atom stereocenters. The number of piperidine rings is 1. The first-order chi connectivity index (χ1) is 12.2. The van der Waals surface area contributed by atoms with Crippen LogP contribution in [0.1, 0.15) is 31.2 Å². The molecule has 0 saturated carbocycles. The van der Waals surface area contributed by atoms with Crippen LogP contribution in [0.4, 0.5) is 4.79 Å². The van der Waals surface area contributed by atoms with Crippen LogP contribution in [0.15, 0.2) is 30.3 Å². The van der Waals surface area contributed by atoms with E-state index in [9.17, 15) is 4.79 Å². The van der Waals surface area contributed by atoms with Crippen molar-refractivity contribution in [2.75, 3.05) is 39.9 Å². The van der Waals surface area contributed by atoms with Gasteiger partial charge in [0.1, 0.15) is 0 Å². The molecule has 3 rings (SSSR count). The van der Waals surface area contributed by atoms with Crippen LogP contribution in [0.2, 0.25) is 0 Å². The molecule has 2 amide bonds. The molecule has 5 heteroatoms. The SMILES string of the molecule is CN(C(=O)NCC1CCN(Cc2ccccc2)CC1)C1CCOCC1. The molecule has 0 radical (unpaired) electrons. The fraction of sp³-hybridized carbons (Fsp3) is 0.650. The van der Waals surface area contributed by atoms with Gasteiger partial charge in [0.25, 0.3) is 0 Å². The lowest BCUT2D eigenvalue weighted by Gasteiger charge is -2.34. The lowest BCUT2D eigenvalue weighted by Crippen LogP contribution is -2.47. The highest BCUT2D eigenvalue weighted by Gasteiger charge is 2.24. The van der Waals surface area contributed by atoms with Crippen LogP contribution in [0, 0.1) is 5.92 Å². The zero-order valence-electron chi connectivity index (χ0n) is 15.3. The van der Waals surface area contributed by atoms with E-state index in [1.54, 1.807) is 0 Å². The van der Waals surface area contributed by atoms with Crippen LogP contribution in [-0.4, -0.2) is 61.8 Å². The third-order valence-corrected chi connectivity index (χ3v) is 5.56. The van der Waals surface area contributed by atoms with Gasteiger partial charge < -0.3 is 15.0 Å². The number of amides is 2. The number of benzene rings is 1. The first kappa shape index (κ1) is 18.2. The molecule has 2 aliphatic heterocycles. The first-order valence-corrected chi connectivity index (χ1v) is 9.57. The van der Waals surface area contributed by atoms with Crippen molar-refractivity contribution in [1.29, 1.82) is 0 Å². The number of rotatable bonds is 5. The second-order valence-corrected chi connectivity index (χ2v) is 7.35. The van der Waals surface area contributed by atoms with Crippen molar-refractivity contribution in [1.82, 2.24) is 15.1 Å². The molecule has 25 heavy (non-hydrogen) atoms. The van der Waals surface area contributed by atoms with Crippen molar-refractivity contribution < 1.29 is 9.53 Å². The largest absolute Gasteiger partial charge is 0.381 e. The maximum absolute atomic E-state index is 12.4. The van der Waals surface area contributed by atoms with Crippen molar-refractivity contribution in [3.05, 3.63) is 35.9 Å². The monoisotopic (exact) mass is 345 g/mol. The highest BCUT2D eigenvalue weighted by molar-refractivity contribution is 5.74. The molecular formula is C20H31N3O2.